The molecular formula is C46H62CaO8S2. The molecule has 4 aromatic rings. The second kappa shape index (κ2) is 28.9. The maximum absolute atomic E-state index is 11.2. The minimum atomic E-state index is -4.49. The van der Waals surface area contributed by atoms with Gasteiger partial charge in [0.25, 0.3) is 0 Å². The van der Waals surface area contributed by atoms with Gasteiger partial charge in [-0.15, -0.1) is 0 Å². The van der Waals surface area contributed by atoms with Gasteiger partial charge in [0.15, 0.2) is 0 Å². The van der Waals surface area contributed by atoms with Crippen molar-refractivity contribution in [3.8, 4) is 23.0 Å². The van der Waals surface area contributed by atoms with Crippen molar-refractivity contribution < 1.29 is 35.4 Å². The van der Waals surface area contributed by atoms with E-state index in [2.05, 4.69) is 13.8 Å². The van der Waals surface area contributed by atoms with Crippen molar-refractivity contribution in [2.24, 2.45) is 0 Å². The van der Waals surface area contributed by atoms with Crippen molar-refractivity contribution in [1.29, 1.82) is 0 Å². The first-order chi connectivity index (χ1) is 27.0. The van der Waals surface area contributed by atoms with Gasteiger partial charge in [-0.2, -0.15) is 0 Å². The Morgan fingerprint density at radius 1 is 0.421 bits per heavy atom. The van der Waals surface area contributed by atoms with Gasteiger partial charge in [0.05, 0.1) is 9.79 Å². The van der Waals surface area contributed by atoms with E-state index in [1.165, 1.54) is 139 Å². The molecule has 0 saturated carbocycles. The molecule has 0 amide bonds. The van der Waals surface area contributed by atoms with Crippen molar-refractivity contribution in [2.45, 2.75) is 152 Å². The fourth-order valence-electron chi connectivity index (χ4n) is 6.51. The zero-order valence-electron chi connectivity index (χ0n) is 34.2. The molecule has 0 aliphatic carbocycles. The Balaban J connectivity index is 0.000000387. The topological polar surface area (TPSA) is 133 Å². The summed E-state index contributed by atoms with van der Waals surface area (Å²) in [5, 5.41) is 0. The maximum atomic E-state index is 11.2. The van der Waals surface area contributed by atoms with Crippen LogP contribution < -0.4 is 9.47 Å². The number of hydrogen-bond acceptors (Lipinski definition) is 8. The molecule has 0 radical (unpaired) electrons. The number of unbranched alkanes of at least 4 members (excludes halogenated alkanes) is 16. The predicted molar refractivity (Wildman–Crippen MR) is 229 cm³/mol. The van der Waals surface area contributed by atoms with Crippen LogP contribution in [-0.4, -0.2) is 63.7 Å². The Bertz CT molecular complexity index is 1780. The molecule has 0 atom stereocenters. The molecule has 0 heterocycles. The molecule has 0 saturated heterocycles. The van der Waals surface area contributed by atoms with E-state index in [0.29, 0.717) is 23.0 Å². The van der Waals surface area contributed by atoms with E-state index in [1.54, 1.807) is 12.1 Å². The number of benzene rings is 4. The second-order valence-electron chi connectivity index (χ2n) is 14.4. The Labute approximate surface area is 373 Å². The van der Waals surface area contributed by atoms with Crippen LogP contribution in [0.1, 0.15) is 141 Å². The Hall–Kier alpha value is -2.44. The number of hydrogen-bond donors (Lipinski definition) is 0. The molecule has 0 aliphatic heterocycles. The van der Waals surface area contributed by atoms with Gasteiger partial charge in [0.1, 0.15) is 43.2 Å². The van der Waals surface area contributed by atoms with Crippen molar-refractivity contribution >= 4 is 58.0 Å². The molecule has 308 valence electrons. The van der Waals surface area contributed by atoms with Gasteiger partial charge in [0.2, 0.25) is 0 Å². The molecule has 0 fully saturated rings. The van der Waals surface area contributed by atoms with E-state index in [4.69, 9.17) is 9.47 Å². The number of para-hydroxylation sites is 2. The summed E-state index contributed by atoms with van der Waals surface area (Å²) in [5.41, 5.74) is 2.20. The van der Waals surface area contributed by atoms with Crippen LogP contribution in [0.2, 0.25) is 0 Å². The smallest absolute Gasteiger partial charge is 0.744 e. The second-order valence-corrected chi connectivity index (χ2v) is 17.2. The van der Waals surface area contributed by atoms with Crippen molar-refractivity contribution in [3.63, 3.8) is 0 Å². The van der Waals surface area contributed by atoms with E-state index in [-0.39, 0.29) is 47.5 Å². The first-order valence-corrected chi connectivity index (χ1v) is 23.5. The van der Waals surface area contributed by atoms with Crippen molar-refractivity contribution in [3.05, 3.63) is 108 Å². The Morgan fingerprint density at radius 3 is 1.07 bits per heavy atom. The number of ether oxygens (including phenoxy) is 2. The van der Waals surface area contributed by atoms with E-state index in [9.17, 15) is 25.9 Å². The van der Waals surface area contributed by atoms with E-state index < -0.39 is 20.2 Å². The van der Waals surface area contributed by atoms with Crippen LogP contribution in [0.25, 0.3) is 0 Å². The van der Waals surface area contributed by atoms with Crippen molar-refractivity contribution in [2.75, 3.05) is 0 Å². The summed E-state index contributed by atoms with van der Waals surface area (Å²) in [6.45, 7) is 4.48. The summed E-state index contributed by atoms with van der Waals surface area (Å²) in [7, 11) is -8.98. The Kier molecular flexibility index (Phi) is 25.7. The van der Waals surface area contributed by atoms with Crippen LogP contribution in [0.4, 0.5) is 0 Å². The summed E-state index contributed by atoms with van der Waals surface area (Å²) in [6.07, 6.45) is 24.9. The normalized spacial score (nSPS) is 11.3. The van der Waals surface area contributed by atoms with Crippen LogP contribution in [0, 0.1) is 0 Å². The van der Waals surface area contributed by atoms with Crippen LogP contribution in [0.5, 0.6) is 23.0 Å². The van der Waals surface area contributed by atoms with Crippen LogP contribution in [0.15, 0.2) is 107 Å². The van der Waals surface area contributed by atoms with Gasteiger partial charge in [-0.05, 0) is 85.3 Å². The first-order valence-electron chi connectivity index (χ1n) is 20.6. The van der Waals surface area contributed by atoms with E-state index in [1.807, 2.05) is 48.5 Å². The standard InChI is InChI=1S/2C23H32O4S.Ca/c2*1-2-3-4-5-6-7-8-9-10-14-20-15-11-12-18-23(20)27-21-16-13-17-22(19-21)28(24,25)26;/h2*11-13,15-19H,2-10,14H2,1H3,(H,24,25,26);/q;;+2/p-2. The first kappa shape index (κ1) is 50.7. The summed E-state index contributed by atoms with van der Waals surface area (Å²) in [5.74, 6) is 2.14. The molecule has 4 rings (SSSR count). The molecule has 8 nitrogen and oxygen atoms in total. The number of aryl methyl sites for hydroxylation is 2. The summed E-state index contributed by atoms with van der Waals surface area (Å²) >= 11 is 0. The van der Waals surface area contributed by atoms with Crippen LogP contribution in [0.3, 0.4) is 0 Å². The predicted octanol–water partition coefficient (Wildman–Crippen LogP) is 12.5. The number of rotatable bonds is 26. The molecule has 0 unspecified atom stereocenters. The fraction of sp³-hybridized carbons (Fsp3) is 0.478. The van der Waals surface area contributed by atoms with E-state index >= 15 is 0 Å². The fourth-order valence-corrected chi connectivity index (χ4v) is 7.52. The summed E-state index contributed by atoms with van der Waals surface area (Å²) in [6, 6.07) is 27.0. The average Bonchev–Trinajstić information content (AvgIpc) is 3.18. The monoisotopic (exact) mass is 846 g/mol. The zero-order valence-corrected chi connectivity index (χ0v) is 38.0. The third-order valence-corrected chi connectivity index (χ3v) is 11.4. The minimum absolute atomic E-state index is 0. The van der Waals surface area contributed by atoms with Gasteiger partial charge < -0.3 is 18.6 Å². The van der Waals surface area contributed by atoms with Gasteiger partial charge in [-0.25, -0.2) is 16.8 Å². The van der Waals surface area contributed by atoms with Crippen molar-refractivity contribution in [1.82, 2.24) is 0 Å². The van der Waals surface area contributed by atoms with Gasteiger partial charge >= 0.3 is 37.7 Å². The minimum Gasteiger partial charge on any atom is -0.744 e. The largest absolute Gasteiger partial charge is 2.00 e. The SMILES string of the molecule is CCCCCCCCCCCc1ccccc1Oc1cccc(S(=O)(=O)[O-])c1.CCCCCCCCCCCc1ccccc1Oc1cccc(S(=O)(=O)[O-])c1.[Ca+2]. The molecule has 4 aromatic carbocycles. The van der Waals surface area contributed by atoms with Crippen LogP contribution in [-0.2, 0) is 33.1 Å². The third-order valence-electron chi connectivity index (χ3n) is 9.69. The van der Waals surface area contributed by atoms with Gasteiger partial charge in [0, 0.05) is 0 Å². The summed E-state index contributed by atoms with van der Waals surface area (Å²) in [4.78, 5) is -0.553. The molecule has 0 aromatic heterocycles. The van der Waals surface area contributed by atoms with Gasteiger partial charge in [-0.3, -0.25) is 0 Å². The molecule has 11 heteroatoms. The Morgan fingerprint density at radius 2 is 0.737 bits per heavy atom. The summed E-state index contributed by atoms with van der Waals surface area (Å²) < 4.78 is 78.9. The third kappa shape index (κ3) is 21.4. The van der Waals surface area contributed by atoms with Gasteiger partial charge in [-0.1, -0.05) is 165 Å². The average molecular weight is 847 g/mol. The molecule has 0 bridgehead atoms. The van der Waals surface area contributed by atoms with Crippen LogP contribution >= 0.6 is 0 Å². The molecular weight excluding hydrogens is 785 g/mol. The zero-order chi connectivity index (χ0) is 40.5. The molecule has 57 heavy (non-hydrogen) atoms. The van der Waals surface area contributed by atoms with E-state index in [0.717, 1.165) is 36.8 Å². The quantitative estimate of drug-likeness (QED) is 0.0346. The maximum Gasteiger partial charge on any atom is 2.00 e. The molecule has 0 aliphatic rings. The molecule has 0 N–H and O–H groups in total. The molecule has 0 spiro atoms.